The van der Waals surface area contributed by atoms with Gasteiger partial charge in [0.2, 0.25) is 11.8 Å². The van der Waals surface area contributed by atoms with Gasteiger partial charge in [0, 0.05) is 19.3 Å². The van der Waals surface area contributed by atoms with Crippen LogP contribution in [0.5, 0.6) is 0 Å². The lowest BCUT2D eigenvalue weighted by molar-refractivity contribution is -0.127. The van der Waals surface area contributed by atoms with Crippen LogP contribution in [-0.2, 0) is 20.9 Å². The summed E-state index contributed by atoms with van der Waals surface area (Å²) in [4.78, 5) is 29.1. The van der Waals surface area contributed by atoms with E-state index in [1.165, 1.54) is 0 Å². The number of para-hydroxylation sites is 1. The summed E-state index contributed by atoms with van der Waals surface area (Å²) in [6.45, 7) is 4.54. The van der Waals surface area contributed by atoms with E-state index in [1.54, 1.807) is 16.7 Å². The molecule has 0 aliphatic carbocycles. The van der Waals surface area contributed by atoms with Crippen molar-refractivity contribution in [3.63, 3.8) is 0 Å². The number of nitrogens with zero attached hydrogens (tertiary/aromatic N) is 4. The van der Waals surface area contributed by atoms with Gasteiger partial charge in [-0.2, -0.15) is 0 Å². The zero-order chi connectivity index (χ0) is 24.8. The first-order valence-corrected chi connectivity index (χ1v) is 11.5. The minimum absolute atomic E-state index is 0.0669. The van der Waals surface area contributed by atoms with Gasteiger partial charge in [-0.1, -0.05) is 59.8 Å². The molecule has 1 N–H and O–H groups in total. The number of carbonyl (C=O) groups excluding carboxylic acids is 2. The van der Waals surface area contributed by atoms with Crippen molar-refractivity contribution < 1.29 is 14.3 Å². The number of nitrogens with one attached hydrogen (secondary N) is 1. The molecule has 0 unspecified atom stereocenters. The number of aryl methyl sites for hydroxylation is 2. The maximum absolute atomic E-state index is 14.0. The molecule has 1 atom stereocenters. The Kier molecular flexibility index (Phi) is 7.52. The molecule has 35 heavy (non-hydrogen) atoms. The number of carbonyl (C=O) groups is 2. The number of aromatic nitrogens is 3. The molecular weight excluding hydrogens is 442 g/mol. The molecule has 0 saturated heterocycles. The fourth-order valence-corrected chi connectivity index (χ4v) is 4.06. The highest BCUT2D eigenvalue weighted by atomic mass is 16.5. The van der Waals surface area contributed by atoms with Crippen LogP contribution >= 0.6 is 0 Å². The summed E-state index contributed by atoms with van der Waals surface area (Å²) in [5, 5.41) is 11.3. The summed E-state index contributed by atoms with van der Waals surface area (Å²) in [5.74, 6) is -0.559. The van der Waals surface area contributed by atoms with Crippen molar-refractivity contribution in [1.82, 2.24) is 20.3 Å². The van der Waals surface area contributed by atoms with Crippen LogP contribution in [-0.4, -0.2) is 47.1 Å². The van der Waals surface area contributed by atoms with Crippen molar-refractivity contribution >= 4 is 28.5 Å². The second-order valence-electron chi connectivity index (χ2n) is 8.39. The van der Waals surface area contributed by atoms with Crippen molar-refractivity contribution in [3.05, 3.63) is 89.5 Å². The minimum atomic E-state index is -0.879. The van der Waals surface area contributed by atoms with Crippen LogP contribution in [0.2, 0.25) is 0 Å². The summed E-state index contributed by atoms with van der Waals surface area (Å²) < 4.78 is 6.67. The summed E-state index contributed by atoms with van der Waals surface area (Å²) in [6, 6.07) is 21.8. The smallest absolute Gasteiger partial charge is 0.249 e. The third-order valence-corrected chi connectivity index (χ3v) is 5.83. The Morgan fingerprint density at radius 1 is 1.03 bits per heavy atom. The number of amides is 2. The number of fused-ring (bicyclic) bond motifs is 1. The van der Waals surface area contributed by atoms with E-state index in [-0.39, 0.29) is 18.4 Å². The molecule has 0 saturated carbocycles. The predicted octanol–water partition coefficient (Wildman–Crippen LogP) is 3.59. The summed E-state index contributed by atoms with van der Waals surface area (Å²) in [6.07, 6.45) is 0. The van der Waals surface area contributed by atoms with Crippen LogP contribution in [0.4, 0.5) is 5.69 Å². The number of hydrogen-bond donors (Lipinski definition) is 1. The molecule has 3 aromatic carbocycles. The second kappa shape index (κ2) is 10.9. The fourth-order valence-electron chi connectivity index (χ4n) is 4.06. The first kappa shape index (κ1) is 24.1. The standard InChI is InChI=1S/C27H29N5O3/c1-19-13-14-20(2)24(17-19)32(25(33)18-31-23-12-8-7-11-22(23)29-30-31)26(21-9-5-4-6-10-21)27(34)28-15-16-35-3/h4-14,17,26H,15-16,18H2,1-3H3,(H,28,34)/t26-/m1/s1. The van der Waals surface area contributed by atoms with Gasteiger partial charge in [0.1, 0.15) is 18.1 Å². The topological polar surface area (TPSA) is 89.4 Å². The van der Waals surface area contributed by atoms with Gasteiger partial charge in [0.05, 0.1) is 12.1 Å². The maximum atomic E-state index is 14.0. The van der Waals surface area contributed by atoms with Gasteiger partial charge in [-0.15, -0.1) is 5.10 Å². The number of rotatable bonds is 9. The van der Waals surface area contributed by atoms with E-state index in [0.29, 0.717) is 29.9 Å². The highest BCUT2D eigenvalue weighted by molar-refractivity contribution is 6.02. The number of benzene rings is 3. The average molecular weight is 472 g/mol. The van der Waals surface area contributed by atoms with Crippen LogP contribution in [0.15, 0.2) is 72.8 Å². The minimum Gasteiger partial charge on any atom is -0.383 e. The first-order chi connectivity index (χ1) is 17.0. The number of hydrogen-bond acceptors (Lipinski definition) is 5. The van der Waals surface area contributed by atoms with Crippen molar-refractivity contribution in [2.45, 2.75) is 26.4 Å². The molecule has 0 bridgehead atoms. The summed E-state index contributed by atoms with van der Waals surface area (Å²) in [5.41, 5.74) is 4.72. The molecule has 4 aromatic rings. The molecule has 8 nitrogen and oxygen atoms in total. The second-order valence-corrected chi connectivity index (χ2v) is 8.39. The molecule has 0 spiro atoms. The van der Waals surface area contributed by atoms with Gasteiger partial charge in [0.25, 0.3) is 0 Å². The third-order valence-electron chi connectivity index (χ3n) is 5.83. The molecule has 2 amide bonds. The molecule has 180 valence electrons. The molecule has 4 rings (SSSR count). The molecule has 1 heterocycles. The van der Waals surface area contributed by atoms with Gasteiger partial charge >= 0.3 is 0 Å². The highest BCUT2D eigenvalue weighted by Crippen LogP contribution is 2.32. The van der Waals surface area contributed by atoms with Crippen molar-refractivity contribution in [2.24, 2.45) is 0 Å². The average Bonchev–Trinajstić information content (AvgIpc) is 3.27. The van der Waals surface area contributed by atoms with Crippen molar-refractivity contribution in [1.29, 1.82) is 0 Å². The molecule has 1 aromatic heterocycles. The van der Waals surface area contributed by atoms with E-state index in [4.69, 9.17) is 4.74 Å². The van der Waals surface area contributed by atoms with Crippen LogP contribution in [0.25, 0.3) is 11.0 Å². The first-order valence-electron chi connectivity index (χ1n) is 11.5. The molecular formula is C27H29N5O3. The lowest BCUT2D eigenvalue weighted by atomic mass is 10.0. The Labute approximate surface area is 204 Å². The number of methoxy groups -OCH3 is 1. The van der Waals surface area contributed by atoms with Gasteiger partial charge in [-0.3, -0.25) is 14.5 Å². The quantitative estimate of drug-likeness (QED) is 0.377. The Morgan fingerprint density at radius 3 is 2.54 bits per heavy atom. The van der Waals surface area contributed by atoms with E-state index in [0.717, 1.165) is 16.6 Å². The van der Waals surface area contributed by atoms with Gasteiger partial charge < -0.3 is 10.1 Å². The van der Waals surface area contributed by atoms with E-state index in [2.05, 4.69) is 15.6 Å². The van der Waals surface area contributed by atoms with Crippen molar-refractivity contribution in [3.8, 4) is 0 Å². The Hall–Kier alpha value is -4.04. The number of anilines is 1. The SMILES string of the molecule is COCCNC(=O)[C@@H](c1ccccc1)N(C(=O)Cn1nnc2ccccc21)c1cc(C)ccc1C. The van der Waals surface area contributed by atoms with E-state index in [9.17, 15) is 9.59 Å². The summed E-state index contributed by atoms with van der Waals surface area (Å²) >= 11 is 0. The van der Waals surface area contributed by atoms with Gasteiger partial charge in [-0.25, -0.2) is 4.68 Å². The van der Waals surface area contributed by atoms with Gasteiger partial charge in [0.15, 0.2) is 0 Å². The van der Waals surface area contributed by atoms with E-state index >= 15 is 0 Å². The van der Waals surface area contributed by atoms with Crippen LogP contribution in [0.3, 0.4) is 0 Å². The third kappa shape index (κ3) is 5.38. The maximum Gasteiger partial charge on any atom is 0.249 e. The van der Waals surface area contributed by atoms with Crippen molar-refractivity contribution in [2.75, 3.05) is 25.2 Å². The Balaban J connectivity index is 1.80. The Bertz CT molecular complexity index is 1320. The molecule has 0 radical (unpaired) electrons. The fraction of sp³-hybridized carbons (Fsp3) is 0.259. The zero-order valence-corrected chi connectivity index (χ0v) is 20.1. The van der Waals surface area contributed by atoms with Crippen LogP contribution < -0.4 is 10.2 Å². The number of ether oxygens (including phenoxy) is 1. The molecule has 8 heteroatoms. The van der Waals surface area contributed by atoms with Gasteiger partial charge in [-0.05, 0) is 48.7 Å². The normalized spacial score (nSPS) is 11.9. The lowest BCUT2D eigenvalue weighted by Crippen LogP contribution is -2.46. The van der Waals surface area contributed by atoms with E-state index in [1.807, 2.05) is 86.6 Å². The van der Waals surface area contributed by atoms with Crippen LogP contribution in [0, 0.1) is 13.8 Å². The molecule has 0 fully saturated rings. The zero-order valence-electron chi connectivity index (χ0n) is 20.1. The Morgan fingerprint density at radius 2 is 1.77 bits per heavy atom. The van der Waals surface area contributed by atoms with E-state index < -0.39 is 6.04 Å². The monoisotopic (exact) mass is 471 g/mol. The summed E-state index contributed by atoms with van der Waals surface area (Å²) in [7, 11) is 1.58. The predicted molar refractivity (Wildman–Crippen MR) is 135 cm³/mol. The van der Waals surface area contributed by atoms with Crippen LogP contribution in [0.1, 0.15) is 22.7 Å². The lowest BCUT2D eigenvalue weighted by Gasteiger charge is -2.33. The molecule has 0 aliphatic rings. The largest absolute Gasteiger partial charge is 0.383 e. The molecule has 0 aliphatic heterocycles. The highest BCUT2D eigenvalue weighted by Gasteiger charge is 2.34.